The molecule has 0 saturated heterocycles. The summed E-state index contributed by atoms with van der Waals surface area (Å²) in [6.07, 6.45) is 0. The number of hydrogen-bond acceptors (Lipinski definition) is 4. The fraction of sp³-hybridized carbons (Fsp3) is 0.250. The minimum Gasteiger partial charge on any atom is -0.496 e. The first-order valence-electron chi connectivity index (χ1n) is 6.60. The monoisotopic (exact) mass is 340 g/mol. The first-order valence-corrected chi connectivity index (χ1v) is 8.39. The standard InChI is InChI=1S/C16H17ClO4S/c1-10-7-13(5-6-14(10)17)21-22(18,19)16-9-11(2)15(20-4)8-12(16)3/h5-9H,1-4H3. The smallest absolute Gasteiger partial charge is 0.339 e. The van der Waals surface area contributed by atoms with Gasteiger partial charge in [-0.2, -0.15) is 8.42 Å². The quantitative estimate of drug-likeness (QED) is 0.788. The molecule has 0 aromatic heterocycles. The third kappa shape index (κ3) is 3.36. The Morgan fingerprint density at radius 3 is 2.23 bits per heavy atom. The van der Waals surface area contributed by atoms with Gasteiger partial charge in [-0.15, -0.1) is 0 Å². The third-order valence-corrected chi connectivity index (χ3v) is 5.11. The Balaban J connectivity index is 2.42. The zero-order valence-corrected chi connectivity index (χ0v) is 14.4. The highest BCUT2D eigenvalue weighted by molar-refractivity contribution is 7.87. The van der Waals surface area contributed by atoms with Crippen LogP contribution >= 0.6 is 11.6 Å². The van der Waals surface area contributed by atoms with Crippen molar-refractivity contribution in [3.63, 3.8) is 0 Å². The van der Waals surface area contributed by atoms with Gasteiger partial charge in [0.15, 0.2) is 0 Å². The van der Waals surface area contributed by atoms with E-state index in [1.165, 1.54) is 6.07 Å². The molecule has 2 rings (SSSR count). The van der Waals surface area contributed by atoms with Gasteiger partial charge in [-0.05, 0) is 67.8 Å². The highest BCUT2D eigenvalue weighted by Gasteiger charge is 2.21. The summed E-state index contributed by atoms with van der Waals surface area (Å²) >= 11 is 5.93. The number of halogens is 1. The van der Waals surface area contributed by atoms with Crippen LogP contribution in [0.2, 0.25) is 5.02 Å². The van der Waals surface area contributed by atoms with Crippen molar-refractivity contribution < 1.29 is 17.3 Å². The van der Waals surface area contributed by atoms with Gasteiger partial charge in [0.2, 0.25) is 0 Å². The fourth-order valence-corrected chi connectivity index (χ4v) is 3.43. The molecular formula is C16H17ClO4S. The molecule has 4 nitrogen and oxygen atoms in total. The van der Waals surface area contributed by atoms with Crippen LogP contribution in [0.1, 0.15) is 16.7 Å². The van der Waals surface area contributed by atoms with Crippen LogP contribution in [-0.2, 0) is 10.1 Å². The Morgan fingerprint density at radius 1 is 0.955 bits per heavy atom. The van der Waals surface area contributed by atoms with E-state index in [0.29, 0.717) is 16.3 Å². The Hall–Kier alpha value is -1.72. The SMILES string of the molecule is COc1cc(C)c(S(=O)(=O)Oc2ccc(Cl)c(C)c2)cc1C. The first-order chi connectivity index (χ1) is 10.2. The second-order valence-corrected chi connectivity index (χ2v) is 6.96. The summed E-state index contributed by atoms with van der Waals surface area (Å²) in [5, 5.41) is 0.557. The third-order valence-electron chi connectivity index (χ3n) is 3.30. The number of methoxy groups -OCH3 is 1. The molecule has 0 fully saturated rings. The predicted molar refractivity (Wildman–Crippen MR) is 86.5 cm³/mol. The minimum absolute atomic E-state index is 0.124. The van der Waals surface area contributed by atoms with Crippen LogP contribution in [0, 0.1) is 20.8 Å². The van der Waals surface area contributed by atoms with Crippen molar-refractivity contribution in [3.8, 4) is 11.5 Å². The second kappa shape index (κ2) is 6.18. The molecule has 0 unspecified atom stereocenters. The van der Waals surface area contributed by atoms with Crippen molar-refractivity contribution in [3.05, 3.63) is 52.0 Å². The summed E-state index contributed by atoms with van der Waals surface area (Å²) in [7, 11) is -2.38. The van der Waals surface area contributed by atoms with E-state index >= 15 is 0 Å². The van der Waals surface area contributed by atoms with E-state index in [0.717, 1.165) is 11.1 Å². The van der Waals surface area contributed by atoms with Crippen LogP contribution in [0.5, 0.6) is 11.5 Å². The maximum Gasteiger partial charge on any atom is 0.339 e. The number of aryl methyl sites for hydroxylation is 3. The predicted octanol–water partition coefficient (Wildman–Crippen LogP) is 4.04. The number of hydrogen-bond donors (Lipinski definition) is 0. The lowest BCUT2D eigenvalue weighted by molar-refractivity contribution is 0.410. The molecule has 0 aliphatic rings. The van der Waals surface area contributed by atoms with E-state index < -0.39 is 10.1 Å². The average molecular weight is 341 g/mol. The molecular weight excluding hydrogens is 324 g/mol. The summed E-state index contributed by atoms with van der Waals surface area (Å²) in [5.41, 5.74) is 2.03. The molecule has 0 aliphatic carbocycles. The van der Waals surface area contributed by atoms with Crippen molar-refractivity contribution in [1.29, 1.82) is 0 Å². The molecule has 0 N–H and O–H groups in total. The summed E-state index contributed by atoms with van der Waals surface area (Å²) in [6, 6.07) is 7.95. The van der Waals surface area contributed by atoms with E-state index in [9.17, 15) is 8.42 Å². The van der Waals surface area contributed by atoms with Crippen molar-refractivity contribution in [2.24, 2.45) is 0 Å². The van der Waals surface area contributed by atoms with Crippen molar-refractivity contribution in [1.82, 2.24) is 0 Å². The first kappa shape index (κ1) is 16.6. The molecule has 2 aromatic rings. The van der Waals surface area contributed by atoms with Gasteiger partial charge in [0.25, 0.3) is 0 Å². The molecule has 0 atom stereocenters. The molecule has 6 heteroatoms. The van der Waals surface area contributed by atoms with Crippen molar-refractivity contribution in [2.75, 3.05) is 7.11 Å². The van der Waals surface area contributed by atoms with Crippen LogP contribution in [-0.4, -0.2) is 15.5 Å². The lowest BCUT2D eigenvalue weighted by Crippen LogP contribution is -2.12. The van der Waals surface area contributed by atoms with Gasteiger partial charge in [-0.1, -0.05) is 11.6 Å². The number of rotatable bonds is 4. The molecule has 0 spiro atoms. The summed E-state index contributed by atoms with van der Waals surface area (Å²) in [4.78, 5) is 0.124. The fourth-order valence-electron chi connectivity index (χ4n) is 2.09. The summed E-state index contributed by atoms with van der Waals surface area (Å²) < 4.78 is 35.3. The zero-order valence-electron chi connectivity index (χ0n) is 12.8. The highest BCUT2D eigenvalue weighted by atomic mass is 35.5. The van der Waals surface area contributed by atoms with Crippen LogP contribution in [0.25, 0.3) is 0 Å². The lowest BCUT2D eigenvalue weighted by atomic mass is 10.1. The molecule has 2 aromatic carbocycles. The molecule has 0 aliphatic heterocycles. The molecule has 0 saturated carbocycles. The van der Waals surface area contributed by atoms with E-state index in [1.807, 2.05) is 0 Å². The molecule has 0 amide bonds. The van der Waals surface area contributed by atoms with Crippen molar-refractivity contribution >= 4 is 21.7 Å². The molecule has 0 radical (unpaired) electrons. The van der Waals surface area contributed by atoms with E-state index in [2.05, 4.69) is 0 Å². The van der Waals surface area contributed by atoms with Crippen LogP contribution in [0.4, 0.5) is 0 Å². The van der Waals surface area contributed by atoms with Crippen molar-refractivity contribution in [2.45, 2.75) is 25.7 Å². The number of ether oxygens (including phenoxy) is 1. The van der Waals surface area contributed by atoms with Gasteiger partial charge in [-0.3, -0.25) is 0 Å². The number of benzene rings is 2. The van der Waals surface area contributed by atoms with E-state index in [-0.39, 0.29) is 10.6 Å². The Labute approximate surface area is 135 Å². The van der Waals surface area contributed by atoms with Crippen LogP contribution in [0.3, 0.4) is 0 Å². The van der Waals surface area contributed by atoms with Gasteiger partial charge in [0, 0.05) is 5.02 Å². The van der Waals surface area contributed by atoms with Gasteiger partial charge in [0.05, 0.1) is 7.11 Å². The van der Waals surface area contributed by atoms with Gasteiger partial charge in [-0.25, -0.2) is 0 Å². The van der Waals surface area contributed by atoms with Gasteiger partial charge < -0.3 is 8.92 Å². The Morgan fingerprint density at radius 2 is 1.64 bits per heavy atom. The summed E-state index contributed by atoms with van der Waals surface area (Å²) in [6.45, 7) is 5.26. The Bertz CT molecular complexity index is 813. The minimum atomic E-state index is -3.92. The normalized spacial score (nSPS) is 11.3. The van der Waals surface area contributed by atoms with Crippen LogP contribution < -0.4 is 8.92 Å². The Kier molecular flexibility index (Phi) is 4.68. The average Bonchev–Trinajstić information content (AvgIpc) is 2.44. The lowest BCUT2D eigenvalue weighted by Gasteiger charge is -2.13. The van der Waals surface area contributed by atoms with Gasteiger partial charge >= 0.3 is 10.1 Å². The molecule has 118 valence electrons. The molecule has 0 heterocycles. The van der Waals surface area contributed by atoms with Crippen LogP contribution in [0.15, 0.2) is 35.2 Å². The van der Waals surface area contributed by atoms with E-state index in [1.54, 1.807) is 52.1 Å². The maximum absolute atomic E-state index is 12.5. The molecule has 0 bridgehead atoms. The largest absolute Gasteiger partial charge is 0.496 e. The molecule has 22 heavy (non-hydrogen) atoms. The maximum atomic E-state index is 12.5. The zero-order chi connectivity index (χ0) is 16.5. The topological polar surface area (TPSA) is 52.6 Å². The van der Waals surface area contributed by atoms with Gasteiger partial charge in [0.1, 0.15) is 16.4 Å². The summed E-state index contributed by atoms with van der Waals surface area (Å²) in [5.74, 6) is 0.869. The highest BCUT2D eigenvalue weighted by Crippen LogP contribution is 2.29. The second-order valence-electron chi connectivity index (χ2n) is 5.04. The van der Waals surface area contributed by atoms with E-state index in [4.69, 9.17) is 20.5 Å².